The predicted molar refractivity (Wildman–Crippen MR) is 83.6 cm³/mol. The summed E-state index contributed by atoms with van der Waals surface area (Å²) in [7, 11) is 0. The third-order valence-electron chi connectivity index (χ3n) is 4.03. The lowest BCUT2D eigenvalue weighted by Gasteiger charge is -2.30. The number of rotatable bonds is 3. The summed E-state index contributed by atoms with van der Waals surface area (Å²) in [5.41, 5.74) is 7.91. The van der Waals surface area contributed by atoms with Crippen LogP contribution in [0.3, 0.4) is 0 Å². The topological polar surface area (TPSA) is 26.0 Å². The van der Waals surface area contributed by atoms with Gasteiger partial charge in [0.15, 0.2) is 0 Å². The van der Waals surface area contributed by atoms with Gasteiger partial charge in [-0.05, 0) is 54.3 Å². The summed E-state index contributed by atoms with van der Waals surface area (Å²) in [6.07, 6.45) is 3.59. The lowest BCUT2D eigenvalue weighted by Crippen LogP contribution is -2.42. The monoisotopic (exact) mass is 277 g/mol. The summed E-state index contributed by atoms with van der Waals surface area (Å²) in [5.74, 6) is 1.27. The average Bonchev–Trinajstić information content (AvgIpc) is 2.98. The number of thioether (sulfide) groups is 1. The van der Waals surface area contributed by atoms with Crippen molar-refractivity contribution in [1.82, 2.24) is 0 Å². The van der Waals surface area contributed by atoms with Gasteiger partial charge in [-0.2, -0.15) is 11.8 Å². The summed E-state index contributed by atoms with van der Waals surface area (Å²) in [6.45, 7) is 2.34. The standard InChI is InChI=1S/C15H19NS2/c1-15(7-4-8-18-15)14(16)9-11-10-17-13-6-3-2-5-12(11)13/h2-3,5-6,10,14H,4,7-9,16H2,1H3. The fourth-order valence-electron chi connectivity index (χ4n) is 2.74. The molecule has 0 bridgehead atoms. The van der Waals surface area contributed by atoms with E-state index < -0.39 is 0 Å². The molecule has 2 aromatic rings. The average molecular weight is 277 g/mol. The Morgan fingerprint density at radius 1 is 1.39 bits per heavy atom. The lowest BCUT2D eigenvalue weighted by atomic mass is 9.91. The van der Waals surface area contributed by atoms with Crippen LogP contribution in [0.2, 0.25) is 0 Å². The summed E-state index contributed by atoms with van der Waals surface area (Å²) in [4.78, 5) is 0. The van der Waals surface area contributed by atoms with Crippen molar-refractivity contribution in [1.29, 1.82) is 0 Å². The zero-order valence-corrected chi connectivity index (χ0v) is 12.3. The van der Waals surface area contributed by atoms with Crippen LogP contribution < -0.4 is 5.73 Å². The molecule has 18 heavy (non-hydrogen) atoms. The van der Waals surface area contributed by atoms with Gasteiger partial charge in [-0.25, -0.2) is 0 Å². The van der Waals surface area contributed by atoms with E-state index in [9.17, 15) is 0 Å². The molecule has 0 aliphatic carbocycles. The largest absolute Gasteiger partial charge is 0.326 e. The van der Waals surface area contributed by atoms with Gasteiger partial charge in [-0.15, -0.1) is 11.3 Å². The van der Waals surface area contributed by atoms with E-state index in [2.05, 4.69) is 48.3 Å². The molecule has 3 heteroatoms. The molecular weight excluding hydrogens is 258 g/mol. The summed E-state index contributed by atoms with van der Waals surface area (Å²) < 4.78 is 1.66. The second-order valence-corrected chi connectivity index (χ2v) is 7.87. The van der Waals surface area contributed by atoms with Gasteiger partial charge in [-0.1, -0.05) is 18.2 Å². The minimum atomic E-state index is 0.267. The Kier molecular flexibility index (Phi) is 3.39. The van der Waals surface area contributed by atoms with Crippen LogP contribution in [0.4, 0.5) is 0 Å². The molecule has 1 aromatic carbocycles. The zero-order chi connectivity index (χ0) is 12.6. The molecule has 1 fully saturated rings. The molecule has 2 unspecified atom stereocenters. The van der Waals surface area contributed by atoms with Gasteiger partial charge in [-0.3, -0.25) is 0 Å². The SMILES string of the molecule is CC1(C(N)Cc2csc3ccccc23)CCCS1. The van der Waals surface area contributed by atoms with Crippen LogP contribution in [-0.4, -0.2) is 16.5 Å². The highest BCUT2D eigenvalue weighted by molar-refractivity contribution is 8.00. The Labute approximate surface area is 117 Å². The minimum absolute atomic E-state index is 0.267. The van der Waals surface area contributed by atoms with Crippen LogP contribution in [0.15, 0.2) is 29.6 Å². The molecule has 1 aromatic heterocycles. The van der Waals surface area contributed by atoms with Gasteiger partial charge in [0.2, 0.25) is 0 Å². The van der Waals surface area contributed by atoms with Crippen molar-refractivity contribution in [3.63, 3.8) is 0 Å². The molecule has 2 heterocycles. The van der Waals surface area contributed by atoms with Crippen molar-refractivity contribution in [2.75, 3.05) is 5.75 Å². The Morgan fingerprint density at radius 2 is 2.22 bits per heavy atom. The van der Waals surface area contributed by atoms with Crippen molar-refractivity contribution < 1.29 is 0 Å². The van der Waals surface area contributed by atoms with Crippen molar-refractivity contribution in [3.8, 4) is 0 Å². The van der Waals surface area contributed by atoms with Crippen LogP contribution in [-0.2, 0) is 6.42 Å². The van der Waals surface area contributed by atoms with Gasteiger partial charge in [0.05, 0.1) is 0 Å². The predicted octanol–water partition coefficient (Wildman–Crippen LogP) is 4.06. The van der Waals surface area contributed by atoms with E-state index >= 15 is 0 Å². The Hall–Kier alpha value is -0.510. The fraction of sp³-hybridized carbons (Fsp3) is 0.467. The first kappa shape index (κ1) is 12.5. The highest BCUT2D eigenvalue weighted by atomic mass is 32.2. The van der Waals surface area contributed by atoms with E-state index in [0.717, 1.165) is 6.42 Å². The molecule has 1 aliphatic rings. The third-order valence-corrected chi connectivity index (χ3v) is 6.71. The molecule has 1 saturated heterocycles. The minimum Gasteiger partial charge on any atom is -0.326 e. The number of hydrogen-bond donors (Lipinski definition) is 1. The van der Waals surface area contributed by atoms with Crippen LogP contribution in [0.5, 0.6) is 0 Å². The highest BCUT2D eigenvalue weighted by Crippen LogP contribution is 2.41. The molecule has 3 rings (SSSR count). The quantitative estimate of drug-likeness (QED) is 0.915. The summed E-state index contributed by atoms with van der Waals surface area (Å²) in [6, 6.07) is 8.91. The maximum Gasteiger partial charge on any atom is 0.0345 e. The van der Waals surface area contributed by atoms with E-state index in [1.54, 1.807) is 0 Å². The molecule has 0 saturated carbocycles. The maximum atomic E-state index is 6.48. The van der Waals surface area contributed by atoms with E-state index in [1.165, 1.54) is 34.2 Å². The van der Waals surface area contributed by atoms with E-state index in [0.29, 0.717) is 0 Å². The Balaban J connectivity index is 1.84. The smallest absolute Gasteiger partial charge is 0.0345 e. The van der Waals surface area contributed by atoms with Gasteiger partial charge >= 0.3 is 0 Å². The van der Waals surface area contributed by atoms with Crippen molar-refractivity contribution in [2.24, 2.45) is 5.73 Å². The molecule has 1 nitrogen and oxygen atoms in total. The van der Waals surface area contributed by atoms with E-state index in [1.807, 2.05) is 11.3 Å². The first-order valence-electron chi connectivity index (χ1n) is 6.54. The first-order valence-corrected chi connectivity index (χ1v) is 8.40. The molecule has 2 atom stereocenters. The lowest BCUT2D eigenvalue weighted by molar-refractivity contribution is 0.483. The molecular formula is C15H19NS2. The van der Waals surface area contributed by atoms with Gasteiger partial charge in [0.25, 0.3) is 0 Å². The fourth-order valence-corrected chi connectivity index (χ4v) is 5.05. The number of benzene rings is 1. The number of thiophene rings is 1. The van der Waals surface area contributed by atoms with Crippen molar-refractivity contribution >= 4 is 33.2 Å². The number of fused-ring (bicyclic) bond motifs is 1. The molecule has 96 valence electrons. The van der Waals surface area contributed by atoms with Gasteiger partial charge < -0.3 is 5.73 Å². The van der Waals surface area contributed by atoms with Crippen molar-refractivity contribution in [3.05, 3.63) is 35.2 Å². The van der Waals surface area contributed by atoms with Gasteiger partial charge in [0.1, 0.15) is 0 Å². The Bertz CT molecular complexity index is 540. The third kappa shape index (κ3) is 2.20. The van der Waals surface area contributed by atoms with E-state index in [4.69, 9.17) is 5.73 Å². The molecule has 2 N–H and O–H groups in total. The van der Waals surface area contributed by atoms with Crippen LogP contribution in [0.1, 0.15) is 25.3 Å². The van der Waals surface area contributed by atoms with Crippen LogP contribution in [0, 0.1) is 0 Å². The summed E-state index contributed by atoms with van der Waals surface area (Å²) in [5, 5.41) is 3.68. The molecule has 0 radical (unpaired) electrons. The van der Waals surface area contributed by atoms with Crippen LogP contribution in [0.25, 0.3) is 10.1 Å². The number of hydrogen-bond acceptors (Lipinski definition) is 3. The zero-order valence-electron chi connectivity index (χ0n) is 10.7. The molecule has 0 spiro atoms. The van der Waals surface area contributed by atoms with Gasteiger partial charge in [0, 0.05) is 15.5 Å². The Morgan fingerprint density at radius 3 is 3.00 bits per heavy atom. The number of nitrogens with two attached hydrogens (primary N) is 1. The highest BCUT2D eigenvalue weighted by Gasteiger charge is 2.35. The molecule has 1 aliphatic heterocycles. The normalized spacial score (nSPS) is 25.7. The first-order chi connectivity index (χ1) is 8.69. The second-order valence-electron chi connectivity index (χ2n) is 5.33. The summed E-state index contributed by atoms with van der Waals surface area (Å²) >= 11 is 3.89. The second kappa shape index (κ2) is 4.87. The van der Waals surface area contributed by atoms with Crippen LogP contribution >= 0.6 is 23.1 Å². The van der Waals surface area contributed by atoms with Crippen molar-refractivity contribution in [2.45, 2.75) is 37.0 Å². The maximum absolute atomic E-state index is 6.48. The molecule has 0 amide bonds. The van der Waals surface area contributed by atoms with E-state index in [-0.39, 0.29) is 10.8 Å².